The minimum absolute atomic E-state index is 0.249. The van der Waals surface area contributed by atoms with Crippen molar-refractivity contribution in [2.24, 2.45) is 0 Å². The van der Waals surface area contributed by atoms with Crippen LogP contribution in [0.2, 0.25) is 0 Å². The normalized spacial score (nSPS) is 18.9. The van der Waals surface area contributed by atoms with Crippen molar-refractivity contribution in [3.63, 3.8) is 0 Å². The van der Waals surface area contributed by atoms with Gasteiger partial charge in [-0.2, -0.15) is 0 Å². The van der Waals surface area contributed by atoms with Gasteiger partial charge in [-0.3, -0.25) is 4.90 Å². The molecule has 3 heterocycles. The third kappa shape index (κ3) is 2.54. The van der Waals surface area contributed by atoms with E-state index in [1.54, 1.807) is 17.6 Å². The Morgan fingerprint density at radius 3 is 2.72 bits per heavy atom. The number of furan rings is 1. The van der Waals surface area contributed by atoms with E-state index in [0.29, 0.717) is 0 Å². The maximum absolute atomic E-state index is 5.64. The van der Waals surface area contributed by atoms with Gasteiger partial charge in [0.2, 0.25) is 0 Å². The van der Waals surface area contributed by atoms with E-state index in [4.69, 9.17) is 4.42 Å². The maximum atomic E-state index is 5.64. The smallest absolute Gasteiger partial charge is 0.126 e. The molecule has 0 bridgehead atoms. The first kappa shape index (κ1) is 12.4. The predicted octanol–water partition coefficient (Wildman–Crippen LogP) is 3.10. The van der Waals surface area contributed by atoms with Gasteiger partial charge in [0.1, 0.15) is 11.8 Å². The van der Waals surface area contributed by atoms with Crippen LogP contribution in [0.3, 0.4) is 0 Å². The highest BCUT2D eigenvalue weighted by Crippen LogP contribution is 2.35. The Bertz CT molecular complexity index is 491. The summed E-state index contributed by atoms with van der Waals surface area (Å²) in [5, 5.41) is 3.39. The summed E-state index contributed by atoms with van der Waals surface area (Å²) in [6, 6.07) is 8.58. The number of thiophene rings is 1. The number of hydrogen-bond acceptors (Lipinski definition) is 4. The molecule has 5 heteroatoms. The molecule has 2 aromatic rings. The molecule has 1 fully saturated rings. The topological polar surface area (TPSA) is 28.4 Å². The lowest BCUT2D eigenvalue weighted by Crippen LogP contribution is -2.45. The summed E-state index contributed by atoms with van der Waals surface area (Å²) < 4.78 is 6.81. The Morgan fingerprint density at radius 1 is 1.28 bits per heavy atom. The van der Waals surface area contributed by atoms with Crippen molar-refractivity contribution in [3.05, 3.63) is 45.0 Å². The maximum Gasteiger partial charge on any atom is 0.126 e. The Labute approximate surface area is 119 Å². The highest BCUT2D eigenvalue weighted by Gasteiger charge is 2.27. The van der Waals surface area contributed by atoms with E-state index in [9.17, 15) is 0 Å². The molecule has 0 aromatic carbocycles. The molecule has 0 saturated carbocycles. The van der Waals surface area contributed by atoms with Crippen LogP contribution in [0.1, 0.15) is 16.7 Å². The molecule has 0 aliphatic carbocycles. The lowest BCUT2D eigenvalue weighted by atomic mass is 10.1. The van der Waals surface area contributed by atoms with Gasteiger partial charge in [0.05, 0.1) is 10.0 Å². The van der Waals surface area contributed by atoms with Crippen LogP contribution in [-0.4, -0.2) is 31.1 Å². The molecule has 1 N–H and O–H groups in total. The minimum Gasteiger partial charge on any atom is -0.467 e. The molecule has 1 aliphatic rings. The molecule has 0 radical (unpaired) electrons. The van der Waals surface area contributed by atoms with Crippen molar-refractivity contribution in [1.82, 2.24) is 10.2 Å². The lowest BCUT2D eigenvalue weighted by molar-refractivity contribution is 0.182. The van der Waals surface area contributed by atoms with Gasteiger partial charge in [0, 0.05) is 31.1 Å². The van der Waals surface area contributed by atoms with Crippen LogP contribution in [0.5, 0.6) is 0 Å². The summed E-state index contributed by atoms with van der Waals surface area (Å²) in [4.78, 5) is 3.81. The number of nitrogens with zero attached hydrogens (tertiary/aromatic N) is 1. The third-order valence-electron chi connectivity index (χ3n) is 3.19. The van der Waals surface area contributed by atoms with Crippen molar-refractivity contribution < 1.29 is 4.42 Å². The standard InChI is InChI=1S/C13H15BrN2OS/c14-12-4-3-11(18-12)13(10-2-1-9-17-10)16-7-5-15-6-8-16/h1-4,9,13,15H,5-8H2. The molecule has 3 rings (SSSR count). The quantitative estimate of drug-likeness (QED) is 0.939. The second-order valence-corrected chi connectivity index (χ2v) is 6.84. The van der Waals surface area contributed by atoms with Crippen LogP contribution in [0.15, 0.2) is 38.7 Å². The Hall–Kier alpha value is -0.620. The monoisotopic (exact) mass is 326 g/mol. The van der Waals surface area contributed by atoms with Gasteiger partial charge < -0.3 is 9.73 Å². The van der Waals surface area contributed by atoms with E-state index < -0.39 is 0 Å². The van der Waals surface area contributed by atoms with Crippen molar-refractivity contribution in [1.29, 1.82) is 0 Å². The van der Waals surface area contributed by atoms with E-state index in [2.05, 4.69) is 44.3 Å². The molecule has 0 spiro atoms. The predicted molar refractivity (Wildman–Crippen MR) is 77.0 cm³/mol. The van der Waals surface area contributed by atoms with E-state index in [1.807, 2.05) is 6.07 Å². The van der Waals surface area contributed by atoms with Crippen LogP contribution in [0.25, 0.3) is 0 Å². The molecule has 3 nitrogen and oxygen atoms in total. The average Bonchev–Trinajstić information content (AvgIpc) is 3.04. The van der Waals surface area contributed by atoms with Crippen molar-refractivity contribution in [2.45, 2.75) is 6.04 Å². The number of halogens is 1. The largest absolute Gasteiger partial charge is 0.467 e. The summed E-state index contributed by atoms with van der Waals surface area (Å²) in [6.45, 7) is 4.20. The molecule has 0 amide bonds. The molecular weight excluding hydrogens is 312 g/mol. The van der Waals surface area contributed by atoms with E-state index in [0.717, 1.165) is 31.9 Å². The van der Waals surface area contributed by atoms with Crippen LogP contribution in [0, 0.1) is 0 Å². The van der Waals surface area contributed by atoms with E-state index in [-0.39, 0.29) is 6.04 Å². The minimum atomic E-state index is 0.249. The summed E-state index contributed by atoms with van der Waals surface area (Å²) in [5.74, 6) is 1.03. The fraction of sp³-hybridized carbons (Fsp3) is 0.385. The van der Waals surface area contributed by atoms with Gasteiger partial charge >= 0.3 is 0 Å². The molecule has 1 unspecified atom stereocenters. The van der Waals surface area contributed by atoms with E-state index >= 15 is 0 Å². The van der Waals surface area contributed by atoms with Crippen LogP contribution in [0.4, 0.5) is 0 Å². The Kier molecular flexibility index (Phi) is 3.84. The number of rotatable bonds is 3. The van der Waals surface area contributed by atoms with Gasteiger partial charge in [-0.25, -0.2) is 0 Å². The van der Waals surface area contributed by atoms with Crippen molar-refractivity contribution in [2.75, 3.05) is 26.2 Å². The molecule has 2 aromatic heterocycles. The zero-order valence-corrected chi connectivity index (χ0v) is 12.3. The Balaban J connectivity index is 1.92. The number of nitrogens with one attached hydrogen (secondary N) is 1. The summed E-state index contributed by atoms with van der Waals surface area (Å²) in [6.07, 6.45) is 1.76. The molecular formula is C13H15BrN2OS. The van der Waals surface area contributed by atoms with Crippen LogP contribution in [-0.2, 0) is 0 Å². The second-order valence-electron chi connectivity index (χ2n) is 4.35. The SMILES string of the molecule is Brc1ccc(C(c2ccco2)N2CCNCC2)s1. The van der Waals surface area contributed by atoms with E-state index in [1.165, 1.54) is 8.66 Å². The van der Waals surface area contributed by atoms with Gasteiger partial charge in [0.15, 0.2) is 0 Å². The van der Waals surface area contributed by atoms with Gasteiger partial charge in [0.25, 0.3) is 0 Å². The van der Waals surface area contributed by atoms with Crippen molar-refractivity contribution >= 4 is 27.3 Å². The van der Waals surface area contributed by atoms with Gasteiger partial charge in [-0.15, -0.1) is 11.3 Å². The zero-order valence-electron chi connectivity index (χ0n) is 9.93. The first-order chi connectivity index (χ1) is 8.84. The first-order valence-corrected chi connectivity index (χ1v) is 7.69. The summed E-state index contributed by atoms with van der Waals surface area (Å²) in [5.41, 5.74) is 0. The molecule has 1 atom stereocenters. The lowest BCUT2D eigenvalue weighted by Gasteiger charge is -2.33. The van der Waals surface area contributed by atoms with Crippen LogP contribution >= 0.6 is 27.3 Å². The van der Waals surface area contributed by atoms with Crippen molar-refractivity contribution in [3.8, 4) is 0 Å². The Morgan fingerprint density at radius 2 is 2.11 bits per heavy atom. The fourth-order valence-electron chi connectivity index (χ4n) is 2.36. The number of piperazine rings is 1. The second kappa shape index (κ2) is 5.57. The third-order valence-corrected chi connectivity index (χ3v) is 4.87. The highest BCUT2D eigenvalue weighted by molar-refractivity contribution is 9.11. The molecule has 1 aliphatic heterocycles. The number of hydrogen-bond donors (Lipinski definition) is 1. The molecule has 18 heavy (non-hydrogen) atoms. The highest BCUT2D eigenvalue weighted by atomic mass is 79.9. The molecule has 96 valence electrons. The summed E-state index contributed by atoms with van der Waals surface area (Å²) in [7, 11) is 0. The zero-order chi connectivity index (χ0) is 12.4. The van der Waals surface area contributed by atoms with Gasteiger partial charge in [-0.05, 0) is 40.2 Å². The molecule has 1 saturated heterocycles. The first-order valence-electron chi connectivity index (χ1n) is 6.08. The fourth-order valence-corrected chi connectivity index (χ4v) is 3.93. The summed E-state index contributed by atoms with van der Waals surface area (Å²) >= 11 is 5.33. The average molecular weight is 327 g/mol. The van der Waals surface area contributed by atoms with Crippen LogP contribution < -0.4 is 5.32 Å². The van der Waals surface area contributed by atoms with Gasteiger partial charge in [-0.1, -0.05) is 0 Å².